The highest BCUT2D eigenvalue weighted by molar-refractivity contribution is 6.13. The summed E-state index contributed by atoms with van der Waals surface area (Å²) in [6, 6.07) is 17.7. The SMILES string of the molecule is O=C(NCCCCc1ccc(OCCNCl)cc1)OCc1ccccc1. The molecule has 0 unspecified atom stereocenters. The minimum atomic E-state index is -0.373. The van der Waals surface area contributed by atoms with Gasteiger partial charge in [0.2, 0.25) is 0 Å². The summed E-state index contributed by atoms with van der Waals surface area (Å²) in [4.78, 5) is 14.2. The molecule has 2 N–H and O–H groups in total. The summed E-state index contributed by atoms with van der Waals surface area (Å²) < 4.78 is 10.7. The molecule has 0 aromatic heterocycles. The van der Waals surface area contributed by atoms with Crippen molar-refractivity contribution in [1.29, 1.82) is 0 Å². The van der Waals surface area contributed by atoms with E-state index >= 15 is 0 Å². The van der Waals surface area contributed by atoms with Gasteiger partial charge < -0.3 is 14.8 Å². The third-order valence-electron chi connectivity index (χ3n) is 3.76. The van der Waals surface area contributed by atoms with Gasteiger partial charge in [-0.05, 0) is 54.3 Å². The van der Waals surface area contributed by atoms with Crippen molar-refractivity contribution in [2.45, 2.75) is 25.9 Å². The molecule has 0 bridgehead atoms. The van der Waals surface area contributed by atoms with E-state index in [9.17, 15) is 4.79 Å². The number of carbonyl (C=O) groups excluding carboxylic acids is 1. The Morgan fingerprint density at radius 3 is 2.42 bits per heavy atom. The molecular formula is C20H25ClN2O3. The van der Waals surface area contributed by atoms with Crippen LogP contribution in [0.3, 0.4) is 0 Å². The second-order valence-electron chi connectivity index (χ2n) is 5.82. The normalized spacial score (nSPS) is 10.3. The van der Waals surface area contributed by atoms with E-state index in [1.165, 1.54) is 5.56 Å². The highest BCUT2D eigenvalue weighted by Crippen LogP contribution is 2.13. The van der Waals surface area contributed by atoms with Crippen LogP contribution < -0.4 is 14.9 Å². The molecule has 0 radical (unpaired) electrons. The number of ether oxygens (including phenoxy) is 2. The first-order chi connectivity index (χ1) is 12.8. The number of alkyl carbamates (subject to hydrolysis) is 1. The van der Waals surface area contributed by atoms with Gasteiger partial charge in [-0.2, -0.15) is 0 Å². The fourth-order valence-corrected chi connectivity index (χ4v) is 2.46. The zero-order valence-corrected chi connectivity index (χ0v) is 15.5. The van der Waals surface area contributed by atoms with E-state index in [1.807, 2.05) is 42.5 Å². The van der Waals surface area contributed by atoms with Gasteiger partial charge in [-0.25, -0.2) is 9.63 Å². The van der Waals surface area contributed by atoms with E-state index < -0.39 is 0 Å². The van der Waals surface area contributed by atoms with Crippen LogP contribution in [0.1, 0.15) is 24.0 Å². The summed E-state index contributed by atoms with van der Waals surface area (Å²) in [6.45, 7) is 2.04. The second-order valence-corrected chi connectivity index (χ2v) is 6.09. The molecule has 6 heteroatoms. The Morgan fingerprint density at radius 1 is 0.923 bits per heavy atom. The molecule has 0 aliphatic carbocycles. The monoisotopic (exact) mass is 376 g/mol. The molecule has 5 nitrogen and oxygen atoms in total. The molecule has 0 fully saturated rings. The molecule has 0 saturated carbocycles. The van der Waals surface area contributed by atoms with E-state index in [-0.39, 0.29) is 6.09 Å². The van der Waals surface area contributed by atoms with Crippen LogP contribution in [0.5, 0.6) is 5.75 Å². The Labute approximate surface area is 159 Å². The van der Waals surface area contributed by atoms with Gasteiger partial charge in [0.05, 0.1) is 0 Å². The van der Waals surface area contributed by atoms with Gasteiger partial charge in [0.15, 0.2) is 0 Å². The lowest BCUT2D eigenvalue weighted by Gasteiger charge is -2.08. The Morgan fingerprint density at radius 2 is 1.69 bits per heavy atom. The molecule has 0 saturated heterocycles. The number of hydrogen-bond acceptors (Lipinski definition) is 4. The van der Waals surface area contributed by atoms with E-state index in [0.29, 0.717) is 26.3 Å². The summed E-state index contributed by atoms with van der Waals surface area (Å²) in [5.74, 6) is 0.837. The Bertz CT molecular complexity index is 635. The maximum Gasteiger partial charge on any atom is 0.407 e. The average molecular weight is 377 g/mol. The number of unbranched alkanes of at least 4 members (excludes halogenated alkanes) is 1. The summed E-state index contributed by atoms with van der Waals surface area (Å²) in [7, 11) is 0. The number of benzene rings is 2. The van der Waals surface area contributed by atoms with Crippen molar-refractivity contribution in [3.63, 3.8) is 0 Å². The zero-order valence-electron chi connectivity index (χ0n) is 14.7. The number of aryl methyl sites for hydroxylation is 1. The van der Waals surface area contributed by atoms with Crippen molar-refractivity contribution < 1.29 is 14.3 Å². The van der Waals surface area contributed by atoms with Crippen molar-refractivity contribution in [2.24, 2.45) is 0 Å². The molecule has 0 aliphatic heterocycles. The zero-order chi connectivity index (χ0) is 18.5. The first-order valence-electron chi connectivity index (χ1n) is 8.77. The second kappa shape index (κ2) is 12.2. The van der Waals surface area contributed by atoms with Crippen molar-refractivity contribution in [3.8, 4) is 5.75 Å². The van der Waals surface area contributed by atoms with Crippen LogP contribution in [-0.4, -0.2) is 25.8 Å². The van der Waals surface area contributed by atoms with Crippen LogP contribution in [0, 0.1) is 0 Å². The molecular weight excluding hydrogens is 352 g/mol. The number of amides is 1. The van der Waals surface area contributed by atoms with E-state index in [0.717, 1.165) is 30.6 Å². The van der Waals surface area contributed by atoms with Gasteiger partial charge in [0.1, 0.15) is 19.0 Å². The number of nitrogens with one attached hydrogen (secondary N) is 2. The number of hydrogen-bond donors (Lipinski definition) is 2. The topological polar surface area (TPSA) is 59.6 Å². The van der Waals surface area contributed by atoms with Gasteiger partial charge in [-0.3, -0.25) is 0 Å². The Balaban J connectivity index is 1.53. The molecule has 26 heavy (non-hydrogen) atoms. The third kappa shape index (κ3) is 8.23. The Kier molecular flexibility index (Phi) is 9.40. The lowest BCUT2D eigenvalue weighted by Crippen LogP contribution is -2.25. The van der Waals surface area contributed by atoms with Crippen molar-refractivity contribution >= 4 is 17.9 Å². The molecule has 0 aliphatic rings. The molecule has 2 aromatic rings. The predicted octanol–water partition coefficient (Wildman–Crippen LogP) is 4.06. The maximum atomic E-state index is 11.6. The molecule has 140 valence electrons. The highest BCUT2D eigenvalue weighted by Gasteiger charge is 2.02. The first kappa shape index (κ1) is 20.1. The van der Waals surface area contributed by atoms with Crippen LogP contribution >= 0.6 is 11.8 Å². The molecule has 2 rings (SSSR count). The maximum absolute atomic E-state index is 11.6. The highest BCUT2D eigenvalue weighted by atomic mass is 35.5. The summed E-state index contributed by atoms with van der Waals surface area (Å²) >= 11 is 5.38. The minimum absolute atomic E-state index is 0.294. The van der Waals surface area contributed by atoms with E-state index in [4.69, 9.17) is 21.3 Å². The average Bonchev–Trinajstić information content (AvgIpc) is 2.68. The predicted molar refractivity (Wildman–Crippen MR) is 103 cm³/mol. The number of halogens is 1. The quantitative estimate of drug-likeness (QED) is 0.458. The van der Waals surface area contributed by atoms with Gasteiger partial charge in [-0.1, -0.05) is 42.5 Å². The molecule has 0 atom stereocenters. The molecule has 2 aromatic carbocycles. The molecule has 0 heterocycles. The largest absolute Gasteiger partial charge is 0.492 e. The fraction of sp³-hybridized carbons (Fsp3) is 0.350. The van der Waals surface area contributed by atoms with Gasteiger partial charge >= 0.3 is 6.09 Å². The summed E-state index contributed by atoms with van der Waals surface area (Å²) in [6.07, 6.45) is 2.49. The van der Waals surface area contributed by atoms with Gasteiger partial charge in [-0.15, -0.1) is 0 Å². The molecule has 1 amide bonds. The Hall–Kier alpha value is -2.24. The van der Waals surface area contributed by atoms with Crippen LogP contribution in [0.2, 0.25) is 0 Å². The number of rotatable bonds is 11. The van der Waals surface area contributed by atoms with Gasteiger partial charge in [0.25, 0.3) is 0 Å². The molecule has 0 spiro atoms. The van der Waals surface area contributed by atoms with Crippen molar-refractivity contribution in [1.82, 2.24) is 10.2 Å². The van der Waals surface area contributed by atoms with Crippen LogP contribution in [0.15, 0.2) is 54.6 Å². The first-order valence-corrected chi connectivity index (χ1v) is 9.15. The number of carbonyl (C=O) groups is 1. The lowest BCUT2D eigenvalue weighted by molar-refractivity contribution is 0.139. The standard InChI is InChI=1S/C20H25ClN2O3/c21-23-14-15-25-19-11-9-17(10-12-19)6-4-5-13-22-20(24)26-16-18-7-2-1-3-8-18/h1-3,7-12,23H,4-6,13-16H2,(H,22,24). The van der Waals surface area contributed by atoms with Gasteiger partial charge in [0, 0.05) is 13.1 Å². The van der Waals surface area contributed by atoms with Crippen LogP contribution in [0.25, 0.3) is 0 Å². The van der Waals surface area contributed by atoms with Crippen molar-refractivity contribution in [3.05, 3.63) is 65.7 Å². The summed E-state index contributed by atoms with van der Waals surface area (Å²) in [5, 5.41) is 2.78. The van der Waals surface area contributed by atoms with Crippen molar-refractivity contribution in [2.75, 3.05) is 19.7 Å². The van der Waals surface area contributed by atoms with Crippen LogP contribution in [-0.2, 0) is 17.8 Å². The van der Waals surface area contributed by atoms with E-state index in [1.54, 1.807) is 0 Å². The third-order valence-corrected chi connectivity index (χ3v) is 3.95. The summed E-state index contributed by atoms with van der Waals surface area (Å²) in [5.41, 5.74) is 2.23. The lowest BCUT2D eigenvalue weighted by atomic mass is 10.1. The fourth-order valence-electron chi connectivity index (χ4n) is 2.38. The van der Waals surface area contributed by atoms with E-state index in [2.05, 4.69) is 22.3 Å². The smallest absolute Gasteiger partial charge is 0.407 e. The minimum Gasteiger partial charge on any atom is -0.492 e. The van der Waals surface area contributed by atoms with Crippen LogP contribution in [0.4, 0.5) is 4.79 Å².